The van der Waals surface area contributed by atoms with Crippen molar-refractivity contribution in [3.8, 4) is 5.69 Å². The van der Waals surface area contributed by atoms with E-state index in [1.807, 2.05) is 24.4 Å². The van der Waals surface area contributed by atoms with E-state index in [-0.39, 0.29) is 0 Å². The summed E-state index contributed by atoms with van der Waals surface area (Å²) >= 11 is 0. The third-order valence-electron chi connectivity index (χ3n) is 3.78. The smallest absolute Gasteiger partial charge is 0.116 e. The fraction of sp³-hybridized carbons (Fsp3) is 0.333. The lowest BCUT2D eigenvalue weighted by atomic mass is 10.2. The van der Waals surface area contributed by atoms with E-state index in [1.54, 1.807) is 17.2 Å². The summed E-state index contributed by atoms with van der Waals surface area (Å²) in [4.78, 5) is 10.6. The van der Waals surface area contributed by atoms with Gasteiger partial charge in [-0.25, -0.2) is 14.6 Å². The molecule has 7 heteroatoms. The SMILES string of the molecule is c1ncc2cc(-n3cc(CN4CCOCC4)nn3)ccc2n1. The minimum Gasteiger partial charge on any atom is -0.379 e. The molecule has 0 amide bonds. The lowest BCUT2D eigenvalue weighted by Gasteiger charge is -2.25. The molecule has 0 bridgehead atoms. The maximum absolute atomic E-state index is 5.36. The van der Waals surface area contributed by atoms with Crippen molar-refractivity contribution in [3.05, 3.63) is 42.6 Å². The Balaban J connectivity index is 1.56. The monoisotopic (exact) mass is 296 g/mol. The van der Waals surface area contributed by atoms with Gasteiger partial charge < -0.3 is 4.74 Å². The molecule has 1 aliphatic rings. The summed E-state index contributed by atoms with van der Waals surface area (Å²) < 4.78 is 7.15. The maximum Gasteiger partial charge on any atom is 0.116 e. The Morgan fingerprint density at radius 2 is 2.09 bits per heavy atom. The largest absolute Gasteiger partial charge is 0.379 e. The fourth-order valence-corrected chi connectivity index (χ4v) is 2.60. The quantitative estimate of drug-likeness (QED) is 0.719. The Morgan fingerprint density at radius 3 is 3.00 bits per heavy atom. The zero-order valence-electron chi connectivity index (χ0n) is 12.1. The highest BCUT2D eigenvalue weighted by Crippen LogP contribution is 2.15. The van der Waals surface area contributed by atoms with E-state index in [2.05, 4.69) is 25.2 Å². The Labute approximate surface area is 127 Å². The topological polar surface area (TPSA) is 69.0 Å². The van der Waals surface area contributed by atoms with Crippen LogP contribution < -0.4 is 0 Å². The molecule has 22 heavy (non-hydrogen) atoms. The molecule has 1 fully saturated rings. The summed E-state index contributed by atoms with van der Waals surface area (Å²) in [6.45, 7) is 4.28. The third kappa shape index (κ3) is 2.68. The fourth-order valence-electron chi connectivity index (χ4n) is 2.60. The predicted octanol–water partition coefficient (Wildman–Crippen LogP) is 1.04. The predicted molar refractivity (Wildman–Crippen MR) is 80.6 cm³/mol. The first-order valence-electron chi connectivity index (χ1n) is 7.30. The highest BCUT2D eigenvalue weighted by molar-refractivity contribution is 5.79. The van der Waals surface area contributed by atoms with Crippen molar-refractivity contribution in [3.63, 3.8) is 0 Å². The molecule has 3 heterocycles. The van der Waals surface area contributed by atoms with Gasteiger partial charge >= 0.3 is 0 Å². The van der Waals surface area contributed by atoms with Crippen LogP contribution in [0.25, 0.3) is 16.6 Å². The lowest BCUT2D eigenvalue weighted by Crippen LogP contribution is -2.35. The van der Waals surface area contributed by atoms with Crippen molar-refractivity contribution >= 4 is 10.9 Å². The summed E-state index contributed by atoms with van der Waals surface area (Å²) in [5.41, 5.74) is 2.85. The van der Waals surface area contributed by atoms with Crippen molar-refractivity contribution in [2.75, 3.05) is 26.3 Å². The van der Waals surface area contributed by atoms with E-state index < -0.39 is 0 Å². The van der Waals surface area contributed by atoms with Gasteiger partial charge in [-0.2, -0.15) is 0 Å². The molecule has 4 rings (SSSR count). The molecule has 0 N–H and O–H groups in total. The van der Waals surface area contributed by atoms with Crippen LogP contribution in [0, 0.1) is 0 Å². The van der Waals surface area contributed by atoms with Crippen LogP contribution in [0.4, 0.5) is 0 Å². The standard InChI is InChI=1S/C15H16N6O/c1-2-15-12(8-16-11-17-15)7-14(1)21-10-13(18-19-21)9-20-3-5-22-6-4-20/h1-2,7-8,10-11H,3-6,9H2. The molecule has 7 nitrogen and oxygen atoms in total. The van der Waals surface area contributed by atoms with Gasteiger partial charge in [0.25, 0.3) is 0 Å². The number of rotatable bonds is 3. The Hall–Kier alpha value is -2.38. The van der Waals surface area contributed by atoms with Gasteiger partial charge in [-0.1, -0.05) is 5.21 Å². The van der Waals surface area contributed by atoms with Crippen molar-refractivity contribution in [1.82, 2.24) is 29.9 Å². The molecule has 112 valence electrons. The van der Waals surface area contributed by atoms with Gasteiger partial charge in [0.1, 0.15) is 6.33 Å². The van der Waals surface area contributed by atoms with Gasteiger partial charge in [0, 0.05) is 31.2 Å². The van der Waals surface area contributed by atoms with Crippen molar-refractivity contribution in [2.24, 2.45) is 0 Å². The summed E-state index contributed by atoms with van der Waals surface area (Å²) in [6, 6.07) is 5.97. The van der Waals surface area contributed by atoms with Crippen molar-refractivity contribution in [2.45, 2.75) is 6.54 Å². The molecule has 3 aromatic rings. The number of morpholine rings is 1. The first kappa shape index (κ1) is 13.3. The summed E-state index contributed by atoms with van der Waals surface area (Å²) in [7, 11) is 0. The van der Waals surface area contributed by atoms with Gasteiger partial charge in [-0.15, -0.1) is 5.10 Å². The van der Waals surface area contributed by atoms with Gasteiger partial charge in [-0.3, -0.25) is 4.90 Å². The molecule has 1 aromatic carbocycles. The average molecular weight is 296 g/mol. The van der Waals surface area contributed by atoms with E-state index in [0.717, 1.165) is 55.1 Å². The summed E-state index contributed by atoms with van der Waals surface area (Å²) in [5.74, 6) is 0. The van der Waals surface area contributed by atoms with E-state index in [0.29, 0.717) is 0 Å². The minimum absolute atomic E-state index is 0.790. The Kier molecular flexibility index (Phi) is 3.49. The van der Waals surface area contributed by atoms with E-state index in [1.165, 1.54) is 0 Å². The van der Waals surface area contributed by atoms with Crippen LogP contribution >= 0.6 is 0 Å². The van der Waals surface area contributed by atoms with Crippen LogP contribution in [0.2, 0.25) is 0 Å². The number of hydrogen-bond acceptors (Lipinski definition) is 6. The zero-order valence-corrected chi connectivity index (χ0v) is 12.1. The first-order valence-corrected chi connectivity index (χ1v) is 7.30. The van der Waals surface area contributed by atoms with Crippen LogP contribution in [0.1, 0.15) is 5.69 Å². The molecule has 0 radical (unpaired) electrons. The summed E-state index contributed by atoms with van der Waals surface area (Å²) in [6.07, 6.45) is 5.33. The van der Waals surface area contributed by atoms with Crippen LogP contribution in [-0.2, 0) is 11.3 Å². The Bertz CT molecular complexity index is 780. The van der Waals surface area contributed by atoms with Crippen LogP contribution in [0.5, 0.6) is 0 Å². The molecular formula is C15H16N6O. The lowest BCUT2D eigenvalue weighted by molar-refractivity contribution is 0.0336. The maximum atomic E-state index is 5.36. The average Bonchev–Trinajstić information content (AvgIpc) is 3.04. The van der Waals surface area contributed by atoms with Gasteiger partial charge in [-0.05, 0) is 18.2 Å². The second kappa shape index (κ2) is 5.78. The van der Waals surface area contributed by atoms with Gasteiger partial charge in [0.05, 0.1) is 36.3 Å². The van der Waals surface area contributed by atoms with Crippen molar-refractivity contribution in [1.29, 1.82) is 0 Å². The van der Waals surface area contributed by atoms with Crippen LogP contribution in [0.15, 0.2) is 36.9 Å². The number of fused-ring (bicyclic) bond motifs is 1. The molecule has 0 saturated carbocycles. The minimum atomic E-state index is 0.790. The van der Waals surface area contributed by atoms with Crippen LogP contribution in [-0.4, -0.2) is 56.2 Å². The van der Waals surface area contributed by atoms with E-state index in [4.69, 9.17) is 4.74 Å². The number of hydrogen-bond donors (Lipinski definition) is 0. The number of ether oxygens (including phenoxy) is 1. The van der Waals surface area contributed by atoms with Gasteiger partial charge in [0.2, 0.25) is 0 Å². The first-order chi connectivity index (χ1) is 10.9. The van der Waals surface area contributed by atoms with Crippen LogP contribution in [0.3, 0.4) is 0 Å². The molecule has 0 atom stereocenters. The zero-order chi connectivity index (χ0) is 14.8. The molecule has 0 spiro atoms. The number of aromatic nitrogens is 5. The molecule has 2 aromatic heterocycles. The molecular weight excluding hydrogens is 280 g/mol. The highest BCUT2D eigenvalue weighted by Gasteiger charge is 2.13. The second-order valence-electron chi connectivity index (χ2n) is 5.31. The molecule has 1 saturated heterocycles. The van der Waals surface area contributed by atoms with E-state index in [9.17, 15) is 0 Å². The normalized spacial score (nSPS) is 16.2. The highest BCUT2D eigenvalue weighted by atomic mass is 16.5. The number of benzene rings is 1. The van der Waals surface area contributed by atoms with Gasteiger partial charge in [0.15, 0.2) is 0 Å². The number of nitrogens with zero attached hydrogens (tertiary/aromatic N) is 6. The summed E-state index contributed by atoms with van der Waals surface area (Å²) in [5, 5.41) is 9.48. The molecule has 0 unspecified atom stereocenters. The molecule has 1 aliphatic heterocycles. The molecule has 0 aliphatic carbocycles. The third-order valence-corrected chi connectivity index (χ3v) is 3.78. The van der Waals surface area contributed by atoms with Crippen molar-refractivity contribution < 1.29 is 4.74 Å². The second-order valence-corrected chi connectivity index (χ2v) is 5.31. The Morgan fingerprint density at radius 1 is 1.18 bits per heavy atom. The van der Waals surface area contributed by atoms with E-state index >= 15 is 0 Å².